The van der Waals surface area contributed by atoms with Crippen LogP contribution in [0, 0.1) is 11.3 Å². The number of aromatic nitrogens is 2. The molecule has 1 aliphatic carbocycles. The number of H-pyrrole nitrogens is 1. The first-order valence-electron chi connectivity index (χ1n) is 7.58. The van der Waals surface area contributed by atoms with E-state index in [4.69, 9.17) is 16.9 Å². The molecule has 0 unspecified atom stereocenters. The van der Waals surface area contributed by atoms with E-state index >= 15 is 0 Å². The Kier molecular flexibility index (Phi) is 3.72. The van der Waals surface area contributed by atoms with Gasteiger partial charge in [-0.1, -0.05) is 23.7 Å². The summed E-state index contributed by atoms with van der Waals surface area (Å²) in [6, 6.07) is 9.19. The minimum absolute atomic E-state index is 0.133. The fourth-order valence-electron chi connectivity index (χ4n) is 3.03. The van der Waals surface area contributed by atoms with Crippen LogP contribution in [-0.2, 0) is 12.8 Å². The zero-order valence-corrected chi connectivity index (χ0v) is 14.2. The van der Waals surface area contributed by atoms with E-state index < -0.39 is 0 Å². The Morgan fingerprint density at radius 1 is 1.42 bits per heavy atom. The van der Waals surface area contributed by atoms with Gasteiger partial charge in [-0.2, -0.15) is 5.26 Å². The number of hydrogen-bond acceptors (Lipinski definition) is 4. The fraction of sp³-hybridized carbons (Fsp3) is 0.167. The van der Waals surface area contributed by atoms with Gasteiger partial charge in [-0.05, 0) is 48.6 Å². The molecule has 0 fully saturated rings. The van der Waals surface area contributed by atoms with Gasteiger partial charge in [0.05, 0.1) is 22.1 Å². The Hall–Kier alpha value is -2.42. The topological polar surface area (TPSA) is 69.5 Å². The quantitative estimate of drug-likeness (QED) is 0.754. The van der Waals surface area contributed by atoms with Crippen LogP contribution in [-0.4, -0.2) is 9.97 Å². The smallest absolute Gasteiger partial charge is 0.260 e. The first-order valence-corrected chi connectivity index (χ1v) is 8.77. The second-order valence-corrected chi connectivity index (χ2v) is 7.17. The van der Waals surface area contributed by atoms with Crippen LogP contribution >= 0.6 is 22.9 Å². The Morgan fingerprint density at radius 3 is 3.12 bits per heavy atom. The summed E-state index contributed by atoms with van der Waals surface area (Å²) in [7, 11) is 0. The average Bonchev–Trinajstić information content (AvgIpc) is 3.15. The van der Waals surface area contributed by atoms with Crippen molar-refractivity contribution in [2.75, 3.05) is 0 Å². The van der Waals surface area contributed by atoms with Crippen LogP contribution in [0.1, 0.15) is 33.8 Å². The highest BCUT2D eigenvalue weighted by Crippen LogP contribution is 2.35. The zero-order chi connectivity index (χ0) is 16.7. The van der Waals surface area contributed by atoms with Crippen molar-refractivity contribution in [1.29, 1.82) is 5.26 Å². The second kappa shape index (κ2) is 5.90. The molecule has 1 aliphatic rings. The molecule has 1 N–H and O–H groups in total. The molecule has 2 heterocycles. The van der Waals surface area contributed by atoms with Gasteiger partial charge in [0.1, 0.15) is 4.83 Å². The summed E-state index contributed by atoms with van der Waals surface area (Å²) in [5, 5.41) is 10.0. The first kappa shape index (κ1) is 15.1. The maximum atomic E-state index is 12.5. The van der Waals surface area contributed by atoms with Gasteiger partial charge < -0.3 is 4.98 Å². The number of nitriles is 1. The van der Waals surface area contributed by atoms with E-state index in [0.29, 0.717) is 21.8 Å². The van der Waals surface area contributed by atoms with Gasteiger partial charge in [-0.3, -0.25) is 4.79 Å². The standard InChI is InChI=1S/C18H12ClN3OS/c19-13(8-10-3-1-4-11(7-10)9-20)16-21-17(23)15-12-5-2-6-14(12)24-18(15)22-16/h1,3-4,7-8H,2,5-6H2,(H,21,22,23)/b13-8-. The van der Waals surface area contributed by atoms with E-state index in [1.54, 1.807) is 35.6 Å². The molecule has 0 atom stereocenters. The van der Waals surface area contributed by atoms with Crippen molar-refractivity contribution < 1.29 is 0 Å². The van der Waals surface area contributed by atoms with E-state index in [-0.39, 0.29) is 5.56 Å². The SMILES string of the molecule is N#Cc1cccc(/C=C(\Cl)c2nc3sc4c(c3c(=O)[nH]2)CCC4)c1. The van der Waals surface area contributed by atoms with Gasteiger partial charge in [-0.15, -0.1) is 11.3 Å². The number of thiophene rings is 1. The number of halogens is 1. The van der Waals surface area contributed by atoms with Crippen molar-refractivity contribution in [1.82, 2.24) is 9.97 Å². The van der Waals surface area contributed by atoms with E-state index in [1.165, 1.54) is 4.88 Å². The highest BCUT2D eigenvalue weighted by atomic mass is 35.5. The van der Waals surface area contributed by atoms with Gasteiger partial charge in [0.2, 0.25) is 0 Å². The predicted octanol–water partition coefficient (Wildman–Crippen LogP) is 4.08. The minimum Gasteiger partial charge on any atom is -0.305 e. The molecule has 1 aromatic carbocycles. The van der Waals surface area contributed by atoms with Gasteiger partial charge in [0.15, 0.2) is 5.82 Å². The summed E-state index contributed by atoms with van der Waals surface area (Å²) >= 11 is 7.94. The van der Waals surface area contributed by atoms with Crippen molar-refractivity contribution in [2.45, 2.75) is 19.3 Å². The summed E-state index contributed by atoms with van der Waals surface area (Å²) in [6.07, 6.45) is 4.78. The average molecular weight is 354 g/mol. The number of hydrogen-bond donors (Lipinski definition) is 1. The molecular weight excluding hydrogens is 342 g/mol. The van der Waals surface area contributed by atoms with Crippen molar-refractivity contribution in [3.05, 3.63) is 62.0 Å². The van der Waals surface area contributed by atoms with E-state index in [2.05, 4.69) is 16.0 Å². The largest absolute Gasteiger partial charge is 0.305 e. The number of aromatic amines is 1. The molecule has 0 bridgehead atoms. The van der Waals surface area contributed by atoms with Crippen LogP contribution in [0.3, 0.4) is 0 Å². The molecule has 0 aliphatic heterocycles. The third-order valence-corrected chi connectivity index (χ3v) is 5.58. The first-order chi connectivity index (χ1) is 11.7. The zero-order valence-electron chi connectivity index (χ0n) is 12.6. The third-order valence-electron chi connectivity index (χ3n) is 4.11. The minimum atomic E-state index is -0.133. The van der Waals surface area contributed by atoms with E-state index in [1.807, 2.05) is 6.07 Å². The summed E-state index contributed by atoms with van der Waals surface area (Å²) < 4.78 is 0. The van der Waals surface area contributed by atoms with Crippen molar-refractivity contribution >= 4 is 44.3 Å². The highest BCUT2D eigenvalue weighted by Gasteiger charge is 2.21. The van der Waals surface area contributed by atoms with Crippen molar-refractivity contribution in [3.8, 4) is 6.07 Å². The van der Waals surface area contributed by atoms with Crippen molar-refractivity contribution in [2.24, 2.45) is 0 Å². The number of aryl methyl sites for hydroxylation is 2. The lowest BCUT2D eigenvalue weighted by Gasteiger charge is -2.01. The lowest BCUT2D eigenvalue weighted by molar-refractivity contribution is 0.916. The molecule has 0 spiro atoms. The lowest BCUT2D eigenvalue weighted by atomic mass is 10.1. The number of rotatable bonds is 2. The third kappa shape index (κ3) is 2.54. The maximum absolute atomic E-state index is 12.5. The highest BCUT2D eigenvalue weighted by molar-refractivity contribution is 7.18. The van der Waals surface area contributed by atoms with Crippen molar-refractivity contribution in [3.63, 3.8) is 0 Å². The molecule has 0 radical (unpaired) electrons. The second-order valence-electron chi connectivity index (χ2n) is 5.68. The van der Waals surface area contributed by atoms with Crippen LogP contribution in [0.25, 0.3) is 21.3 Å². The summed E-state index contributed by atoms with van der Waals surface area (Å²) in [4.78, 5) is 21.8. The molecule has 2 aromatic heterocycles. The van der Waals surface area contributed by atoms with E-state index in [0.717, 1.165) is 35.2 Å². The normalized spacial score (nSPS) is 13.9. The van der Waals surface area contributed by atoms with Crippen LogP contribution in [0.15, 0.2) is 29.1 Å². The maximum Gasteiger partial charge on any atom is 0.260 e. The summed E-state index contributed by atoms with van der Waals surface area (Å²) in [5.74, 6) is 0.358. The summed E-state index contributed by atoms with van der Waals surface area (Å²) in [6.45, 7) is 0. The lowest BCUT2D eigenvalue weighted by Crippen LogP contribution is -2.10. The fourth-order valence-corrected chi connectivity index (χ4v) is 4.51. The van der Waals surface area contributed by atoms with Crippen LogP contribution < -0.4 is 5.56 Å². The molecule has 0 amide bonds. The molecule has 24 heavy (non-hydrogen) atoms. The Labute approximate surface area is 147 Å². The van der Waals surface area contributed by atoms with Gasteiger partial charge in [0.25, 0.3) is 5.56 Å². The van der Waals surface area contributed by atoms with Gasteiger partial charge in [0, 0.05) is 4.88 Å². The number of fused-ring (bicyclic) bond motifs is 3. The van der Waals surface area contributed by atoms with Gasteiger partial charge >= 0.3 is 0 Å². The van der Waals surface area contributed by atoms with E-state index in [9.17, 15) is 4.79 Å². The number of nitrogens with zero attached hydrogens (tertiary/aromatic N) is 2. The number of nitrogens with one attached hydrogen (secondary N) is 1. The molecule has 6 heteroatoms. The molecule has 4 nitrogen and oxygen atoms in total. The van der Waals surface area contributed by atoms with Crippen LogP contribution in [0.4, 0.5) is 0 Å². The summed E-state index contributed by atoms with van der Waals surface area (Å²) in [5.41, 5.74) is 2.36. The molecule has 118 valence electrons. The Bertz CT molecular complexity index is 1090. The molecule has 4 rings (SSSR count). The van der Waals surface area contributed by atoms with Crippen LogP contribution in [0.5, 0.6) is 0 Å². The van der Waals surface area contributed by atoms with Gasteiger partial charge in [-0.25, -0.2) is 4.98 Å². The molecule has 0 saturated heterocycles. The monoisotopic (exact) mass is 353 g/mol. The van der Waals surface area contributed by atoms with Crippen LogP contribution in [0.2, 0.25) is 0 Å². The molecular formula is C18H12ClN3OS. The Morgan fingerprint density at radius 2 is 2.29 bits per heavy atom. The number of benzene rings is 1. The predicted molar refractivity (Wildman–Crippen MR) is 97.1 cm³/mol. The molecule has 0 saturated carbocycles. The molecule has 3 aromatic rings. The Balaban J connectivity index is 1.80.